The maximum Gasteiger partial charge on any atom is 0.132 e. The van der Waals surface area contributed by atoms with Gasteiger partial charge in [0.15, 0.2) is 0 Å². The van der Waals surface area contributed by atoms with E-state index in [1.165, 1.54) is 6.21 Å². The van der Waals surface area contributed by atoms with Crippen molar-refractivity contribution in [2.45, 2.75) is 19.8 Å². The predicted molar refractivity (Wildman–Crippen MR) is 88.6 cm³/mol. The molecular weight excluding hydrogens is 279 g/mol. The van der Waals surface area contributed by atoms with Crippen molar-refractivity contribution in [2.24, 2.45) is 10.2 Å². The van der Waals surface area contributed by atoms with Gasteiger partial charge in [-0.3, -0.25) is 0 Å². The van der Waals surface area contributed by atoms with Gasteiger partial charge < -0.3 is 4.74 Å². The molecule has 0 unspecified atom stereocenters. The minimum absolute atomic E-state index is 0.269. The monoisotopic (exact) mass is 298 g/mol. The highest BCUT2D eigenvalue weighted by Crippen LogP contribution is 2.11. The zero-order chi connectivity index (χ0) is 15.8. The van der Waals surface area contributed by atoms with Crippen LogP contribution in [0.25, 0.3) is 0 Å². The summed E-state index contributed by atoms with van der Waals surface area (Å²) in [5, 5.41) is 7.82. The lowest BCUT2D eigenvalue weighted by molar-refractivity contribution is 0.415. The molecular formula is C18H19FN2O. The number of ether oxygens (including phenoxy) is 1. The van der Waals surface area contributed by atoms with Gasteiger partial charge in [0, 0.05) is 5.56 Å². The van der Waals surface area contributed by atoms with E-state index in [-0.39, 0.29) is 5.82 Å². The Morgan fingerprint density at radius 1 is 1.05 bits per heavy atom. The van der Waals surface area contributed by atoms with Crippen molar-refractivity contribution in [3.8, 4) is 5.75 Å². The van der Waals surface area contributed by atoms with Crippen LogP contribution in [0.15, 0.2) is 52.7 Å². The van der Waals surface area contributed by atoms with Crippen molar-refractivity contribution in [1.82, 2.24) is 0 Å². The molecule has 114 valence electrons. The zero-order valence-corrected chi connectivity index (χ0v) is 12.8. The van der Waals surface area contributed by atoms with Crippen LogP contribution in [-0.2, 0) is 6.42 Å². The van der Waals surface area contributed by atoms with E-state index in [1.807, 2.05) is 30.3 Å². The van der Waals surface area contributed by atoms with Gasteiger partial charge in [0.25, 0.3) is 0 Å². The second-order valence-corrected chi connectivity index (χ2v) is 4.87. The summed E-state index contributed by atoms with van der Waals surface area (Å²) in [4.78, 5) is 0. The zero-order valence-electron chi connectivity index (χ0n) is 12.8. The normalized spacial score (nSPS) is 11.4. The van der Waals surface area contributed by atoms with E-state index in [9.17, 15) is 4.39 Å². The number of hydrogen-bond acceptors (Lipinski definition) is 3. The number of halogens is 1. The first kappa shape index (κ1) is 15.9. The van der Waals surface area contributed by atoms with Crippen molar-refractivity contribution in [3.05, 3.63) is 65.0 Å². The molecule has 0 aliphatic rings. The van der Waals surface area contributed by atoms with Crippen LogP contribution in [0.4, 0.5) is 4.39 Å². The van der Waals surface area contributed by atoms with E-state index in [2.05, 4.69) is 17.1 Å². The summed E-state index contributed by atoms with van der Waals surface area (Å²) < 4.78 is 18.9. The molecule has 0 N–H and O–H groups in total. The molecule has 0 spiro atoms. The van der Waals surface area contributed by atoms with E-state index in [0.29, 0.717) is 5.56 Å². The fourth-order valence-corrected chi connectivity index (χ4v) is 2.01. The van der Waals surface area contributed by atoms with Gasteiger partial charge in [0.05, 0.1) is 19.5 Å². The number of methoxy groups -OCH3 is 1. The lowest BCUT2D eigenvalue weighted by Crippen LogP contribution is -1.91. The molecule has 0 aromatic heterocycles. The molecule has 0 fully saturated rings. The smallest absolute Gasteiger partial charge is 0.132 e. The maximum atomic E-state index is 13.9. The fraction of sp³-hybridized carbons (Fsp3) is 0.222. The highest BCUT2D eigenvalue weighted by Gasteiger charge is 2.00. The predicted octanol–water partition coefficient (Wildman–Crippen LogP) is 4.24. The molecule has 0 amide bonds. The van der Waals surface area contributed by atoms with Crippen LogP contribution in [0.2, 0.25) is 0 Å². The second-order valence-electron chi connectivity index (χ2n) is 4.87. The third-order valence-corrected chi connectivity index (χ3v) is 3.19. The molecule has 22 heavy (non-hydrogen) atoms. The molecule has 2 rings (SSSR count). The molecule has 0 aliphatic heterocycles. The lowest BCUT2D eigenvalue weighted by Gasteiger charge is -2.00. The van der Waals surface area contributed by atoms with Gasteiger partial charge in [-0.15, -0.1) is 0 Å². The summed E-state index contributed by atoms with van der Waals surface area (Å²) in [6, 6.07) is 12.6. The highest BCUT2D eigenvalue weighted by molar-refractivity contribution is 5.83. The Hall–Kier alpha value is -2.49. The quantitative estimate of drug-likeness (QED) is 0.580. The van der Waals surface area contributed by atoms with E-state index in [4.69, 9.17) is 4.74 Å². The minimum Gasteiger partial charge on any atom is -0.497 e. The average molecular weight is 298 g/mol. The largest absolute Gasteiger partial charge is 0.497 e. The van der Waals surface area contributed by atoms with Crippen molar-refractivity contribution in [3.63, 3.8) is 0 Å². The number of aryl methyl sites for hydroxylation is 1. The van der Waals surface area contributed by atoms with Crippen molar-refractivity contribution >= 4 is 12.4 Å². The molecule has 0 atom stereocenters. The Labute approximate surface area is 130 Å². The molecule has 0 radical (unpaired) electrons. The number of hydrogen-bond donors (Lipinski definition) is 0. The van der Waals surface area contributed by atoms with E-state index >= 15 is 0 Å². The van der Waals surface area contributed by atoms with Crippen LogP contribution in [0.1, 0.15) is 30.0 Å². The van der Waals surface area contributed by atoms with Gasteiger partial charge in [-0.2, -0.15) is 10.2 Å². The first-order valence-electron chi connectivity index (χ1n) is 7.22. The Morgan fingerprint density at radius 2 is 1.77 bits per heavy atom. The second kappa shape index (κ2) is 8.08. The standard InChI is InChI=1S/C18H19FN2O/c1-3-4-14-5-8-16(18(19)11-14)13-21-20-12-15-6-9-17(22-2)10-7-15/h5-13H,3-4H2,1-2H3/b20-12+,21-13+. The van der Waals surface area contributed by atoms with Gasteiger partial charge in [-0.1, -0.05) is 25.5 Å². The molecule has 2 aromatic rings. The number of nitrogens with zero attached hydrogens (tertiary/aromatic N) is 2. The lowest BCUT2D eigenvalue weighted by atomic mass is 10.1. The van der Waals surface area contributed by atoms with Crippen LogP contribution in [0, 0.1) is 5.82 Å². The Morgan fingerprint density at radius 3 is 2.41 bits per heavy atom. The van der Waals surface area contributed by atoms with Gasteiger partial charge in [-0.25, -0.2) is 4.39 Å². The maximum absolute atomic E-state index is 13.9. The van der Waals surface area contributed by atoms with Crippen LogP contribution in [0.3, 0.4) is 0 Å². The van der Waals surface area contributed by atoms with Crippen LogP contribution in [0.5, 0.6) is 5.75 Å². The minimum atomic E-state index is -0.269. The van der Waals surface area contributed by atoms with Gasteiger partial charge in [0.2, 0.25) is 0 Å². The molecule has 0 heterocycles. The molecule has 2 aromatic carbocycles. The topological polar surface area (TPSA) is 34.0 Å². The Kier molecular flexibility index (Phi) is 5.83. The van der Waals surface area contributed by atoms with E-state index in [1.54, 1.807) is 25.5 Å². The molecule has 0 saturated heterocycles. The summed E-state index contributed by atoms with van der Waals surface area (Å²) >= 11 is 0. The summed E-state index contributed by atoms with van der Waals surface area (Å²) in [6.07, 6.45) is 4.91. The van der Waals surface area contributed by atoms with Gasteiger partial charge in [-0.05, 0) is 47.9 Å². The fourth-order valence-electron chi connectivity index (χ4n) is 2.01. The molecule has 0 aliphatic carbocycles. The van der Waals surface area contributed by atoms with Gasteiger partial charge >= 0.3 is 0 Å². The van der Waals surface area contributed by atoms with Crippen molar-refractivity contribution < 1.29 is 9.13 Å². The Bertz CT molecular complexity index is 663. The first-order chi connectivity index (χ1) is 10.7. The molecule has 3 nitrogen and oxygen atoms in total. The van der Waals surface area contributed by atoms with E-state index < -0.39 is 0 Å². The summed E-state index contributed by atoms with van der Waals surface area (Å²) in [5.74, 6) is 0.518. The Balaban J connectivity index is 2.00. The third-order valence-electron chi connectivity index (χ3n) is 3.19. The van der Waals surface area contributed by atoms with Crippen molar-refractivity contribution in [2.75, 3.05) is 7.11 Å². The average Bonchev–Trinajstić information content (AvgIpc) is 2.54. The summed E-state index contributed by atoms with van der Waals surface area (Å²) in [6.45, 7) is 2.07. The van der Waals surface area contributed by atoms with E-state index in [0.717, 1.165) is 29.7 Å². The third kappa shape index (κ3) is 4.52. The number of benzene rings is 2. The molecule has 4 heteroatoms. The van der Waals surface area contributed by atoms with Gasteiger partial charge in [0.1, 0.15) is 11.6 Å². The van der Waals surface area contributed by atoms with Crippen molar-refractivity contribution in [1.29, 1.82) is 0 Å². The SMILES string of the molecule is CCCc1ccc(/C=N/N=C/c2ccc(OC)cc2)c(F)c1. The highest BCUT2D eigenvalue weighted by atomic mass is 19.1. The summed E-state index contributed by atoms with van der Waals surface area (Å²) in [5.41, 5.74) is 2.34. The van der Waals surface area contributed by atoms with Crippen LogP contribution >= 0.6 is 0 Å². The van der Waals surface area contributed by atoms with Crippen LogP contribution < -0.4 is 4.74 Å². The van der Waals surface area contributed by atoms with Crippen LogP contribution in [-0.4, -0.2) is 19.5 Å². The summed E-state index contributed by atoms with van der Waals surface area (Å²) in [7, 11) is 1.62. The first-order valence-corrected chi connectivity index (χ1v) is 7.22. The molecule has 0 bridgehead atoms. The molecule has 0 saturated carbocycles. The number of rotatable bonds is 6.